The number of aryl methyl sites for hydroxylation is 2. The molecule has 2 aromatic carbocycles. The fourth-order valence-electron chi connectivity index (χ4n) is 3.24. The van der Waals surface area contributed by atoms with Crippen molar-refractivity contribution >= 4 is 29.9 Å². The maximum absolute atomic E-state index is 10.8. The van der Waals surface area contributed by atoms with Crippen LogP contribution < -0.4 is 10.6 Å². The van der Waals surface area contributed by atoms with Crippen molar-refractivity contribution in [2.45, 2.75) is 39.0 Å². The van der Waals surface area contributed by atoms with E-state index in [-0.39, 0.29) is 24.0 Å². The van der Waals surface area contributed by atoms with E-state index in [2.05, 4.69) is 49.4 Å². The summed E-state index contributed by atoms with van der Waals surface area (Å²) in [5.74, 6) is 1.57. The number of aliphatic imine (C=N–C) groups is 1. The summed E-state index contributed by atoms with van der Waals surface area (Å²) < 4.78 is 2.14. The predicted molar refractivity (Wildman–Crippen MR) is 137 cm³/mol. The van der Waals surface area contributed by atoms with Crippen molar-refractivity contribution in [1.29, 1.82) is 0 Å². The fourth-order valence-corrected chi connectivity index (χ4v) is 3.24. The van der Waals surface area contributed by atoms with Gasteiger partial charge < -0.3 is 20.3 Å². The molecule has 3 rings (SSSR count). The Bertz CT molecular complexity index is 925. The van der Waals surface area contributed by atoms with Gasteiger partial charge in [0, 0.05) is 25.5 Å². The molecule has 0 aliphatic heterocycles. The summed E-state index contributed by atoms with van der Waals surface area (Å²) in [6.45, 7) is 6.24. The van der Waals surface area contributed by atoms with Gasteiger partial charge in [-0.3, -0.25) is 0 Å². The van der Waals surface area contributed by atoms with E-state index < -0.39 is 5.60 Å². The van der Waals surface area contributed by atoms with Crippen LogP contribution in [0.3, 0.4) is 0 Å². The van der Waals surface area contributed by atoms with Crippen molar-refractivity contribution < 1.29 is 5.11 Å². The monoisotopic (exact) mass is 533 g/mol. The summed E-state index contributed by atoms with van der Waals surface area (Å²) in [4.78, 5) is 9.14. The van der Waals surface area contributed by atoms with Gasteiger partial charge in [-0.2, -0.15) is 0 Å². The van der Waals surface area contributed by atoms with Gasteiger partial charge in [0.2, 0.25) is 0 Å². The lowest BCUT2D eigenvalue weighted by Gasteiger charge is -2.25. The second-order valence-corrected chi connectivity index (χ2v) is 7.46. The van der Waals surface area contributed by atoms with Crippen LogP contribution in [-0.2, 0) is 25.1 Å². The van der Waals surface area contributed by atoms with Crippen molar-refractivity contribution in [3.8, 4) is 0 Å². The van der Waals surface area contributed by atoms with Gasteiger partial charge in [0.05, 0.1) is 6.54 Å². The number of rotatable bonds is 9. The van der Waals surface area contributed by atoms with Crippen LogP contribution in [0.4, 0.5) is 0 Å². The molecular weight excluding hydrogens is 501 g/mol. The minimum atomic E-state index is -0.994. The maximum Gasteiger partial charge on any atom is 0.191 e. The van der Waals surface area contributed by atoms with E-state index in [4.69, 9.17) is 0 Å². The number of benzene rings is 2. The zero-order chi connectivity index (χ0) is 21.2. The van der Waals surface area contributed by atoms with Gasteiger partial charge in [-0.1, -0.05) is 60.7 Å². The Morgan fingerprint density at radius 1 is 1.06 bits per heavy atom. The molecule has 0 aliphatic carbocycles. The molecule has 1 aromatic heterocycles. The SMILES string of the molecule is CCNC(=NCc1nccn1CCc1ccccc1)NCC(C)(O)c1ccccc1.I. The minimum absolute atomic E-state index is 0. The molecule has 0 bridgehead atoms. The lowest BCUT2D eigenvalue weighted by molar-refractivity contribution is 0.0617. The third-order valence-electron chi connectivity index (χ3n) is 5.00. The standard InChI is InChI=1S/C24H31N5O.HI/c1-3-25-23(28-19-24(2,30)21-12-8-5-9-13-21)27-18-22-26-15-17-29(22)16-14-20-10-6-4-7-11-20;/h4-13,15,17,30H,3,14,16,18-19H2,1-2H3,(H2,25,27,28);1H. The molecule has 1 atom stereocenters. The average molecular weight is 533 g/mol. The molecule has 0 saturated carbocycles. The number of hydrogen-bond acceptors (Lipinski definition) is 3. The first kappa shape index (κ1) is 24.9. The van der Waals surface area contributed by atoms with Crippen LogP contribution in [0.5, 0.6) is 0 Å². The zero-order valence-electron chi connectivity index (χ0n) is 18.2. The highest BCUT2D eigenvalue weighted by atomic mass is 127. The van der Waals surface area contributed by atoms with Crippen LogP contribution in [0, 0.1) is 0 Å². The Balaban J connectivity index is 0.00000341. The van der Waals surface area contributed by atoms with Gasteiger partial charge in [-0.15, -0.1) is 24.0 Å². The highest BCUT2D eigenvalue weighted by Crippen LogP contribution is 2.18. The summed E-state index contributed by atoms with van der Waals surface area (Å²) in [5.41, 5.74) is 1.18. The number of nitrogens with zero attached hydrogens (tertiary/aromatic N) is 3. The fraction of sp³-hybridized carbons (Fsp3) is 0.333. The predicted octanol–water partition coefficient (Wildman–Crippen LogP) is 3.71. The first-order valence-electron chi connectivity index (χ1n) is 10.4. The smallest absolute Gasteiger partial charge is 0.191 e. The van der Waals surface area contributed by atoms with Crippen LogP contribution in [0.1, 0.15) is 30.8 Å². The van der Waals surface area contributed by atoms with Crippen molar-refractivity contribution in [2.24, 2.45) is 4.99 Å². The van der Waals surface area contributed by atoms with Crippen LogP contribution in [-0.4, -0.2) is 33.7 Å². The first-order valence-corrected chi connectivity index (χ1v) is 10.4. The molecule has 0 saturated heterocycles. The van der Waals surface area contributed by atoms with Gasteiger partial charge in [0.15, 0.2) is 5.96 Å². The molecule has 0 fully saturated rings. The second kappa shape index (κ2) is 12.5. The highest BCUT2D eigenvalue weighted by molar-refractivity contribution is 14.0. The van der Waals surface area contributed by atoms with Gasteiger partial charge >= 0.3 is 0 Å². The number of aliphatic hydroxyl groups is 1. The molecule has 3 aromatic rings. The van der Waals surface area contributed by atoms with Crippen LogP contribution >= 0.6 is 24.0 Å². The van der Waals surface area contributed by atoms with E-state index in [0.717, 1.165) is 30.9 Å². The molecule has 31 heavy (non-hydrogen) atoms. The average Bonchev–Trinajstić information content (AvgIpc) is 3.23. The van der Waals surface area contributed by atoms with E-state index in [1.807, 2.05) is 55.7 Å². The number of aromatic nitrogens is 2. The normalized spacial score (nSPS) is 13.2. The van der Waals surface area contributed by atoms with E-state index in [9.17, 15) is 5.11 Å². The molecule has 0 radical (unpaired) electrons. The molecule has 1 heterocycles. The molecule has 1 unspecified atom stereocenters. The topological polar surface area (TPSA) is 74.5 Å². The van der Waals surface area contributed by atoms with Crippen molar-refractivity contribution in [3.05, 3.63) is 90.0 Å². The largest absolute Gasteiger partial charge is 0.384 e. The van der Waals surface area contributed by atoms with Crippen LogP contribution in [0.2, 0.25) is 0 Å². The van der Waals surface area contributed by atoms with E-state index in [1.165, 1.54) is 5.56 Å². The van der Waals surface area contributed by atoms with Crippen molar-refractivity contribution in [3.63, 3.8) is 0 Å². The maximum atomic E-state index is 10.8. The lowest BCUT2D eigenvalue weighted by Crippen LogP contribution is -2.44. The zero-order valence-corrected chi connectivity index (χ0v) is 20.5. The van der Waals surface area contributed by atoms with Crippen LogP contribution in [0.15, 0.2) is 78.0 Å². The molecule has 3 N–H and O–H groups in total. The Kier molecular flexibility index (Phi) is 10.00. The lowest BCUT2D eigenvalue weighted by atomic mass is 9.96. The molecule has 7 heteroatoms. The van der Waals surface area contributed by atoms with Crippen molar-refractivity contribution in [2.75, 3.05) is 13.1 Å². The van der Waals surface area contributed by atoms with Gasteiger partial charge in [-0.05, 0) is 31.4 Å². The third kappa shape index (κ3) is 7.66. The van der Waals surface area contributed by atoms with E-state index >= 15 is 0 Å². The Labute approximate surface area is 201 Å². The molecule has 6 nitrogen and oxygen atoms in total. The number of imidazole rings is 1. The van der Waals surface area contributed by atoms with E-state index in [0.29, 0.717) is 19.0 Å². The number of nitrogens with one attached hydrogen (secondary N) is 2. The number of hydrogen-bond donors (Lipinski definition) is 3. The summed E-state index contributed by atoms with van der Waals surface area (Å²) in [6, 6.07) is 20.1. The van der Waals surface area contributed by atoms with Gasteiger partial charge in [0.1, 0.15) is 18.0 Å². The summed E-state index contributed by atoms with van der Waals surface area (Å²) in [6.07, 6.45) is 4.76. The van der Waals surface area contributed by atoms with E-state index in [1.54, 1.807) is 6.92 Å². The third-order valence-corrected chi connectivity index (χ3v) is 5.00. The van der Waals surface area contributed by atoms with Gasteiger partial charge in [0.25, 0.3) is 0 Å². The van der Waals surface area contributed by atoms with Crippen LogP contribution in [0.25, 0.3) is 0 Å². The summed E-state index contributed by atoms with van der Waals surface area (Å²) >= 11 is 0. The summed E-state index contributed by atoms with van der Waals surface area (Å²) in [5, 5.41) is 17.3. The van der Waals surface area contributed by atoms with Gasteiger partial charge in [-0.25, -0.2) is 9.98 Å². The first-order chi connectivity index (χ1) is 14.6. The number of halogens is 1. The minimum Gasteiger partial charge on any atom is -0.384 e. The molecule has 0 amide bonds. The Morgan fingerprint density at radius 2 is 1.74 bits per heavy atom. The molecule has 166 valence electrons. The number of guanidine groups is 1. The quantitative estimate of drug-likeness (QED) is 0.223. The molecule has 0 aliphatic rings. The Morgan fingerprint density at radius 3 is 2.42 bits per heavy atom. The molecule has 0 spiro atoms. The highest BCUT2D eigenvalue weighted by Gasteiger charge is 2.23. The Hall–Kier alpha value is -2.39. The van der Waals surface area contributed by atoms with Crippen molar-refractivity contribution in [1.82, 2.24) is 20.2 Å². The molecular formula is C24H32IN5O. The second-order valence-electron chi connectivity index (χ2n) is 7.46. The summed E-state index contributed by atoms with van der Waals surface area (Å²) in [7, 11) is 0.